The number of nitrogens with one attached hydrogen (secondary N) is 1. The van der Waals surface area contributed by atoms with Crippen molar-refractivity contribution in [1.82, 2.24) is 14.8 Å². The zero-order valence-electron chi connectivity index (χ0n) is 21.0. The second kappa shape index (κ2) is 9.76. The number of H-pyrrole nitrogens is 1. The summed E-state index contributed by atoms with van der Waals surface area (Å²) in [6.45, 7) is 6.81. The minimum absolute atomic E-state index is 0.0442. The molecule has 2 aromatic carbocycles. The maximum Gasteiger partial charge on any atom is 0.253 e. The number of aromatic nitrogens is 1. The fourth-order valence-corrected chi connectivity index (χ4v) is 5.90. The number of carbonyl (C=O) groups excluding carboxylic acids is 2. The molecule has 184 valence electrons. The smallest absolute Gasteiger partial charge is 0.253 e. The van der Waals surface area contributed by atoms with Gasteiger partial charge in [-0.25, -0.2) is 0 Å². The number of likely N-dealkylation sites (tertiary alicyclic amines) is 2. The van der Waals surface area contributed by atoms with Gasteiger partial charge in [0.05, 0.1) is 13.0 Å². The monoisotopic (exact) mass is 473 g/mol. The molecule has 5 rings (SSSR count). The maximum absolute atomic E-state index is 13.4. The highest BCUT2D eigenvalue weighted by molar-refractivity contribution is 5.95. The molecule has 3 heterocycles. The van der Waals surface area contributed by atoms with Gasteiger partial charge in [-0.05, 0) is 81.3 Å². The molecule has 3 aromatic rings. The van der Waals surface area contributed by atoms with E-state index in [-0.39, 0.29) is 17.7 Å². The number of nitrogens with zero attached hydrogens (tertiary/aromatic N) is 2. The minimum Gasteiger partial charge on any atom is -0.497 e. The number of aryl methyl sites for hydroxylation is 2. The molecule has 0 aliphatic carbocycles. The summed E-state index contributed by atoms with van der Waals surface area (Å²) in [6.07, 6.45) is 5.75. The van der Waals surface area contributed by atoms with Crippen molar-refractivity contribution in [3.05, 3.63) is 64.8 Å². The molecule has 1 N–H and O–H groups in total. The third-order valence-electron chi connectivity index (χ3n) is 7.69. The van der Waals surface area contributed by atoms with E-state index < -0.39 is 0 Å². The van der Waals surface area contributed by atoms with Gasteiger partial charge in [-0.15, -0.1) is 0 Å². The van der Waals surface area contributed by atoms with Crippen LogP contribution in [0.4, 0.5) is 0 Å². The fraction of sp³-hybridized carbons (Fsp3) is 0.448. The Labute approximate surface area is 207 Å². The van der Waals surface area contributed by atoms with Gasteiger partial charge >= 0.3 is 0 Å². The van der Waals surface area contributed by atoms with Crippen molar-refractivity contribution >= 4 is 22.7 Å². The van der Waals surface area contributed by atoms with Crippen LogP contribution in [0.5, 0.6) is 5.75 Å². The fourth-order valence-electron chi connectivity index (χ4n) is 5.90. The summed E-state index contributed by atoms with van der Waals surface area (Å²) in [4.78, 5) is 33.9. The average molecular weight is 474 g/mol. The Hall–Kier alpha value is -3.28. The summed E-state index contributed by atoms with van der Waals surface area (Å²) in [7, 11) is 1.69. The zero-order valence-corrected chi connectivity index (χ0v) is 21.0. The summed E-state index contributed by atoms with van der Waals surface area (Å²) >= 11 is 0. The van der Waals surface area contributed by atoms with E-state index in [0.29, 0.717) is 12.5 Å². The SMILES string of the molecule is COc1ccc2[nH]cc(C3CCN(C(=O)C4CCCN(C(=O)c5cc(C)cc(C)c5)C4)CC3)c2c1. The third-order valence-corrected chi connectivity index (χ3v) is 7.69. The van der Waals surface area contributed by atoms with E-state index in [9.17, 15) is 9.59 Å². The summed E-state index contributed by atoms with van der Waals surface area (Å²) < 4.78 is 5.42. The van der Waals surface area contributed by atoms with Crippen LogP contribution >= 0.6 is 0 Å². The standard InChI is InChI=1S/C29H35N3O3/c1-19-13-20(2)15-23(14-19)29(34)32-10-4-5-22(18-32)28(33)31-11-8-21(9-12-31)26-17-30-27-7-6-24(35-3)16-25(26)27/h6-7,13-17,21-22,30H,4-5,8-12,18H2,1-3H3. The van der Waals surface area contributed by atoms with Gasteiger partial charge in [0.15, 0.2) is 0 Å². The second-order valence-electron chi connectivity index (χ2n) is 10.2. The van der Waals surface area contributed by atoms with Crippen molar-refractivity contribution in [1.29, 1.82) is 0 Å². The van der Waals surface area contributed by atoms with Crippen molar-refractivity contribution in [2.45, 2.75) is 45.4 Å². The summed E-state index contributed by atoms with van der Waals surface area (Å²) in [5.41, 5.74) is 5.35. The Kier molecular flexibility index (Phi) is 6.54. The molecule has 1 aromatic heterocycles. The Balaban J connectivity index is 1.22. The first-order chi connectivity index (χ1) is 16.9. The average Bonchev–Trinajstić information content (AvgIpc) is 3.30. The van der Waals surface area contributed by atoms with Crippen LogP contribution in [0.15, 0.2) is 42.6 Å². The van der Waals surface area contributed by atoms with E-state index in [1.54, 1.807) is 7.11 Å². The Morgan fingerprint density at radius 1 is 0.943 bits per heavy atom. The van der Waals surface area contributed by atoms with Crippen LogP contribution in [0.25, 0.3) is 10.9 Å². The number of rotatable bonds is 4. The van der Waals surface area contributed by atoms with Crippen molar-refractivity contribution in [3.8, 4) is 5.75 Å². The summed E-state index contributed by atoms with van der Waals surface area (Å²) in [5, 5.41) is 1.21. The van der Waals surface area contributed by atoms with Gasteiger partial charge in [0.1, 0.15) is 5.75 Å². The number of amides is 2. The van der Waals surface area contributed by atoms with Crippen LogP contribution in [-0.2, 0) is 4.79 Å². The minimum atomic E-state index is -0.104. The Morgan fingerprint density at radius 3 is 2.40 bits per heavy atom. The number of hydrogen-bond acceptors (Lipinski definition) is 3. The quantitative estimate of drug-likeness (QED) is 0.577. The molecule has 0 saturated carbocycles. The first-order valence-electron chi connectivity index (χ1n) is 12.7. The first-order valence-corrected chi connectivity index (χ1v) is 12.7. The van der Waals surface area contributed by atoms with Crippen LogP contribution in [0.2, 0.25) is 0 Å². The number of hydrogen-bond donors (Lipinski definition) is 1. The lowest BCUT2D eigenvalue weighted by Crippen LogP contribution is -2.48. The molecule has 6 heteroatoms. The largest absolute Gasteiger partial charge is 0.497 e. The molecule has 2 amide bonds. The predicted molar refractivity (Wildman–Crippen MR) is 138 cm³/mol. The number of ether oxygens (including phenoxy) is 1. The van der Waals surface area contributed by atoms with E-state index in [0.717, 1.165) is 73.3 Å². The molecule has 0 spiro atoms. The highest BCUT2D eigenvalue weighted by Crippen LogP contribution is 2.35. The highest BCUT2D eigenvalue weighted by atomic mass is 16.5. The summed E-state index contributed by atoms with van der Waals surface area (Å²) in [6, 6.07) is 12.1. The van der Waals surface area contributed by atoms with Gasteiger partial charge in [-0.2, -0.15) is 0 Å². The Morgan fingerprint density at radius 2 is 1.69 bits per heavy atom. The lowest BCUT2D eigenvalue weighted by atomic mass is 9.88. The van der Waals surface area contributed by atoms with E-state index >= 15 is 0 Å². The summed E-state index contributed by atoms with van der Waals surface area (Å²) in [5.74, 6) is 1.44. The predicted octanol–water partition coefficient (Wildman–Crippen LogP) is 5.05. The molecule has 6 nitrogen and oxygen atoms in total. The molecule has 1 atom stereocenters. The van der Waals surface area contributed by atoms with Crippen LogP contribution < -0.4 is 4.74 Å². The Bertz CT molecular complexity index is 1220. The maximum atomic E-state index is 13.4. The van der Waals surface area contributed by atoms with Crippen LogP contribution in [0, 0.1) is 19.8 Å². The number of aromatic amines is 1. The zero-order chi connectivity index (χ0) is 24.5. The molecule has 35 heavy (non-hydrogen) atoms. The van der Waals surface area contributed by atoms with Gasteiger partial charge in [0.25, 0.3) is 5.91 Å². The highest BCUT2D eigenvalue weighted by Gasteiger charge is 2.34. The molecule has 0 radical (unpaired) electrons. The number of piperidine rings is 2. The molecular formula is C29H35N3O3. The van der Waals surface area contributed by atoms with Crippen molar-refractivity contribution in [3.63, 3.8) is 0 Å². The third kappa shape index (κ3) is 4.79. The molecule has 2 aliphatic rings. The van der Waals surface area contributed by atoms with Gasteiger partial charge in [0.2, 0.25) is 5.91 Å². The molecule has 2 aliphatic heterocycles. The number of carbonyl (C=O) groups is 2. The van der Waals surface area contributed by atoms with Gasteiger partial charge in [-0.1, -0.05) is 17.2 Å². The first kappa shape index (κ1) is 23.5. The van der Waals surface area contributed by atoms with E-state index in [4.69, 9.17) is 4.74 Å². The number of methoxy groups -OCH3 is 1. The number of fused-ring (bicyclic) bond motifs is 1. The van der Waals surface area contributed by atoms with Gasteiger partial charge in [-0.3, -0.25) is 9.59 Å². The van der Waals surface area contributed by atoms with E-state index in [1.165, 1.54) is 10.9 Å². The topological polar surface area (TPSA) is 65.6 Å². The van der Waals surface area contributed by atoms with Crippen LogP contribution in [0.3, 0.4) is 0 Å². The second-order valence-corrected chi connectivity index (χ2v) is 10.2. The van der Waals surface area contributed by atoms with Crippen molar-refractivity contribution in [2.24, 2.45) is 5.92 Å². The van der Waals surface area contributed by atoms with Crippen LogP contribution in [-0.4, -0.2) is 59.9 Å². The van der Waals surface area contributed by atoms with Gasteiger partial charge < -0.3 is 19.5 Å². The van der Waals surface area contributed by atoms with Crippen molar-refractivity contribution in [2.75, 3.05) is 33.3 Å². The molecule has 1 unspecified atom stereocenters. The van der Waals surface area contributed by atoms with Gasteiger partial charge in [0, 0.05) is 48.8 Å². The molecule has 2 saturated heterocycles. The van der Waals surface area contributed by atoms with E-state index in [1.807, 2.05) is 41.8 Å². The normalized spacial score (nSPS) is 19.2. The van der Waals surface area contributed by atoms with E-state index in [2.05, 4.69) is 29.4 Å². The lowest BCUT2D eigenvalue weighted by molar-refractivity contribution is -0.138. The number of benzene rings is 2. The van der Waals surface area contributed by atoms with Crippen molar-refractivity contribution < 1.29 is 14.3 Å². The molecule has 0 bridgehead atoms. The molecule has 2 fully saturated rings. The molecular weight excluding hydrogens is 438 g/mol. The lowest BCUT2D eigenvalue weighted by Gasteiger charge is -2.38. The van der Waals surface area contributed by atoms with Crippen LogP contribution in [0.1, 0.15) is 58.6 Å².